The molecule has 2 aromatic rings. The van der Waals surface area contributed by atoms with Gasteiger partial charge in [-0.25, -0.2) is 0 Å². The van der Waals surface area contributed by atoms with Gasteiger partial charge in [-0.1, -0.05) is 19.9 Å². The predicted molar refractivity (Wildman–Crippen MR) is 128 cm³/mol. The fourth-order valence-corrected chi connectivity index (χ4v) is 3.15. The third kappa shape index (κ3) is 7.55. The van der Waals surface area contributed by atoms with Crippen LogP contribution in [0.25, 0.3) is 0 Å². The van der Waals surface area contributed by atoms with E-state index in [9.17, 15) is 14.7 Å². The molecule has 34 heavy (non-hydrogen) atoms. The minimum atomic E-state index is -0.992. The van der Waals surface area contributed by atoms with E-state index in [1.807, 2.05) is 20.8 Å². The quantitative estimate of drug-likeness (QED) is 0.408. The second-order valence-corrected chi connectivity index (χ2v) is 7.85. The summed E-state index contributed by atoms with van der Waals surface area (Å²) in [4.78, 5) is 25.4. The van der Waals surface area contributed by atoms with Gasteiger partial charge in [-0.3, -0.25) is 9.59 Å². The molecule has 0 aliphatic heterocycles. The highest BCUT2D eigenvalue weighted by molar-refractivity contribution is 5.97. The zero-order chi connectivity index (χ0) is 25.1. The van der Waals surface area contributed by atoms with Crippen LogP contribution in [-0.4, -0.2) is 63.0 Å². The predicted octanol–water partition coefficient (Wildman–Crippen LogP) is 2.41. The van der Waals surface area contributed by atoms with Crippen molar-refractivity contribution in [3.8, 4) is 23.0 Å². The molecule has 2 aromatic carbocycles. The summed E-state index contributed by atoms with van der Waals surface area (Å²) in [7, 11) is 3.01. The van der Waals surface area contributed by atoms with E-state index in [4.69, 9.17) is 18.9 Å². The molecule has 3 N–H and O–H groups in total. The lowest BCUT2D eigenvalue weighted by molar-refractivity contribution is -0.124. The van der Waals surface area contributed by atoms with Crippen LogP contribution in [0.3, 0.4) is 0 Å². The Labute approximate surface area is 200 Å². The van der Waals surface area contributed by atoms with Crippen LogP contribution in [0, 0.1) is 5.92 Å². The average Bonchev–Trinajstić information content (AvgIpc) is 2.84. The summed E-state index contributed by atoms with van der Waals surface area (Å²) < 4.78 is 21.6. The molecule has 2 unspecified atom stereocenters. The Hall–Kier alpha value is -3.46. The molecule has 0 aliphatic rings. The summed E-state index contributed by atoms with van der Waals surface area (Å²) in [5.41, 5.74) is 0.418. The lowest BCUT2D eigenvalue weighted by Gasteiger charge is -2.23. The molecule has 0 heterocycles. The van der Waals surface area contributed by atoms with E-state index < -0.39 is 18.1 Å². The maximum Gasteiger partial charge on any atom is 0.251 e. The van der Waals surface area contributed by atoms with Gasteiger partial charge in [-0.2, -0.15) is 0 Å². The van der Waals surface area contributed by atoms with Crippen molar-refractivity contribution in [2.24, 2.45) is 5.92 Å². The van der Waals surface area contributed by atoms with Gasteiger partial charge in [-0.05, 0) is 49.2 Å². The summed E-state index contributed by atoms with van der Waals surface area (Å²) in [5.74, 6) is 1.02. The highest BCUT2D eigenvalue weighted by Crippen LogP contribution is 2.36. The summed E-state index contributed by atoms with van der Waals surface area (Å²) in [5, 5.41) is 15.7. The van der Waals surface area contributed by atoms with Gasteiger partial charge < -0.3 is 34.7 Å². The number of methoxy groups -OCH3 is 2. The minimum Gasteiger partial charge on any atom is -0.494 e. The Balaban J connectivity index is 1.91. The molecule has 2 atom stereocenters. The van der Waals surface area contributed by atoms with E-state index >= 15 is 0 Å². The van der Waals surface area contributed by atoms with Gasteiger partial charge in [0.25, 0.3) is 5.91 Å². The molecule has 186 valence electrons. The van der Waals surface area contributed by atoms with Crippen LogP contribution in [0.15, 0.2) is 42.5 Å². The zero-order valence-electron chi connectivity index (χ0n) is 20.3. The number of rotatable bonds is 13. The Morgan fingerprint density at radius 3 is 2.12 bits per heavy atom. The van der Waals surface area contributed by atoms with Crippen molar-refractivity contribution >= 4 is 11.8 Å². The molecular formula is C25H34N2O7. The molecule has 2 rings (SSSR count). The van der Waals surface area contributed by atoms with Crippen molar-refractivity contribution in [3.63, 3.8) is 0 Å². The van der Waals surface area contributed by atoms with Crippen molar-refractivity contribution in [2.45, 2.75) is 32.9 Å². The number of carbonyl (C=O) groups is 2. The SMILES string of the molecule is CCOc1ccc(C(=O)NC(C(=O)NCC(O)COc2c(OC)cccc2OC)C(C)C)cc1. The number of hydrogen-bond donors (Lipinski definition) is 3. The molecule has 0 bridgehead atoms. The second kappa shape index (κ2) is 13.3. The van der Waals surface area contributed by atoms with Gasteiger partial charge in [-0.15, -0.1) is 0 Å². The lowest BCUT2D eigenvalue weighted by atomic mass is 10.0. The van der Waals surface area contributed by atoms with Gasteiger partial charge in [0.1, 0.15) is 24.5 Å². The number of para-hydroxylation sites is 1. The van der Waals surface area contributed by atoms with Gasteiger partial charge in [0.2, 0.25) is 11.7 Å². The Bertz CT molecular complexity index is 909. The smallest absolute Gasteiger partial charge is 0.251 e. The fraction of sp³-hybridized carbons (Fsp3) is 0.440. The first-order valence-electron chi connectivity index (χ1n) is 11.1. The molecule has 0 saturated heterocycles. The molecule has 0 saturated carbocycles. The van der Waals surface area contributed by atoms with E-state index in [0.717, 1.165) is 0 Å². The summed E-state index contributed by atoms with van der Waals surface area (Å²) >= 11 is 0. The van der Waals surface area contributed by atoms with E-state index in [2.05, 4.69) is 10.6 Å². The third-order valence-electron chi connectivity index (χ3n) is 4.98. The van der Waals surface area contributed by atoms with Crippen molar-refractivity contribution in [1.29, 1.82) is 0 Å². The normalized spacial score (nSPS) is 12.4. The van der Waals surface area contributed by atoms with Crippen LogP contribution >= 0.6 is 0 Å². The van der Waals surface area contributed by atoms with Crippen molar-refractivity contribution in [2.75, 3.05) is 34.0 Å². The summed E-state index contributed by atoms with van der Waals surface area (Å²) in [6, 6.07) is 11.1. The van der Waals surface area contributed by atoms with Crippen molar-refractivity contribution in [3.05, 3.63) is 48.0 Å². The summed E-state index contributed by atoms with van der Waals surface area (Å²) in [6.45, 7) is 5.92. The highest BCUT2D eigenvalue weighted by Gasteiger charge is 2.25. The minimum absolute atomic E-state index is 0.0571. The molecule has 0 spiro atoms. The zero-order valence-corrected chi connectivity index (χ0v) is 20.3. The van der Waals surface area contributed by atoms with Gasteiger partial charge >= 0.3 is 0 Å². The molecule has 9 heteroatoms. The Kier molecular flexibility index (Phi) is 10.5. The Morgan fingerprint density at radius 1 is 0.971 bits per heavy atom. The number of carbonyl (C=O) groups excluding carboxylic acids is 2. The van der Waals surface area contributed by atoms with Crippen LogP contribution in [0.4, 0.5) is 0 Å². The maximum atomic E-state index is 12.7. The van der Waals surface area contributed by atoms with Gasteiger partial charge in [0.15, 0.2) is 11.5 Å². The summed E-state index contributed by atoms with van der Waals surface area (Å²) in [6.07, 6.45) is -0.992. The van der Waals surface area contributed by atoms with E-state index in [0.29, 0.717) is 35.2 Å². The van der Waals surface area contributed by atoms with Crippen LogP contribution in [-0.2, 0) is 4.79 Å². The van der Waals surface area contributed by atoms with Crippen molar-refractivity contribution < 1.29 is 33.6 Å². The number of amides is 2. The van der Waals surface area contributed by atoms with E-state index in [1.54, 1.807) is 42.5 Å². The molecule has 0 aliphatic carbocycles. The largest absolute Gasteiger partial charge is 0.494 e. The standard InChI is InChI=1S/C25H34N2O7/c1-6-33-19-12-10-17(11-13-19)24(29)27-22(16(2)3)25(30)26-14-18(28)15-34-23-20(31-4)8-7-9-21(23)32-5/h7-13,16,18,22,28H,6,14-15H2,1-5H3,(H,26,30)(H,27,29). The number of aliphatic hydroxyl groups is 1. The van der Waals surface area contributed by atoms with Crippen LogP contribution < -0.4 is 29.6 Å². The average molecular weight is 475 g/mol. The number of hydrogen-bond acceptors (Lipinski definition) is 7. The molecule has 0 radical (unpaired) electrons. The monoisotopic (exact) mass is 474 g/mol. The fourth-order valence-electron chi connectivity index (χ4n) is 3.15. The van der Waals surface area contributed by atoms with Gasteiger partial charge in [0.05, 0.1) is 20.8 Å². The van der Waals surface area contributed by atoms with Crippen molar-refractivity contribution in [1.82, 2.24) is 10.6 Å². The number of aliphatic hydroxyl groups excluding tert-OH is 1. The topological polar surface area (TPSA) is 115 Å². The van der Waals surface area contributed by atoms with Crippen LogP contribution in [0.1, 0.15) is 31.1 Å². The molecule has 0 fully saturated rings. The van der Waals surface area contributed by atoms with Crippen LogP contribution in [0.5, 0.6) is 23.0 Å². The first-order valence-corrected chi connectivity index (χ1v) is 11.1. The van der Waals surface area contributed by atoms with E-state index in [-0.39, 0.29) is 25.0 Å². The first-order chi connectivity index (χ1) is 16.3. The number of benzene rings is 2. The highest BCUT2D eigenvalue weighted by atomic mass is 16.5. The molecule has 0 aromatic heterocycles. The number of nitrogens with one attached hydrogen (secondary N) is 2. The Morgan fingerprint density at radius 2 is 1.59 bits per heavy atom. The number of ether oxygens (including phenoxy) is 4. The second-order valence-electron chi connectivity index (χ2n) is 7.85. The van der Waals surface area contributed by atoms with Gasteiger partial charge in [0, 0.05) is 12.1 Å². The maximum absolute atomic E-state index is 12.7. The third-order valence-corrected chi connectivity index (χ3v) is 4.98. The van der Waals surface area contributed by atoms with Crippen LogP contribution in [0.2, 0.25) is 0 Å². The van der Waals surface area contributed by atoms with E-state index in [1.165, 1.54) is 14.2 Å². The molecular weight excluding hydrogens is 440 g/mol. The first kappa shape index (κ1) is 26.8. The lowest BCUT2D eigenvalue weighted by Crippen LogP contribution is -2.51. The molecule has 9 nitrogen and oxygen atoms in total. The molecule has 2 amide bonds.